The van der Waals surface area contributed by atoms with Crippen LogP contribution in [0.15, 0.2) is 17.6 Å². The van der Waals surface area contributed by atoms with Gasteiger partial charge in [-0.1, -0.05) is 0 Å². The second-order valence-corrected chi connectivity index (χ2v) is 17.0. The molecule has 0 amide bonds. The van der Waals surface area contributed by atoms with E-state index in [2.05, 4.69) is 32.0 Å². The predicted molar refractivity (Wildman–Crippen MR) is 117 cm³/mol. The zero-order chi connectivity index (χ0) is 19.9. The topological polar surface area (TPSA) is 51.4 Å². The van der Waals surface area contributed by atoms with E-state index in [9.17, 15) is 8.42 Å². The molecule has 0 atom stereocenters. The summed E-state index contributed by atoms with van der Waals surface area (Å²) in [4.78, 5) is 5.01. The van der Waals surface area contributed by atoms with Gasteiger partial charge in [-0.2, -0.15) is 0 Å². The summed E-state index contributed by atoms with van der Waals surface area (Å²) in [6, 6.07) is 0. The van der Waals surface area contributed by atoms with Crippen molar-refractivity contribution >= 4 is 50.0 Å². The maximum absolute atomic E-state index is 12.3. The third kappa shape index (κ3) is 5.95. The molecule has 4 nitrogen and oxygen atoms in total. The molecule has 2 radical (unpaired) electrons. The van der Waals surface area contributed by atoms with Crippen LogP contribution in [0.25, 0.3) is 4.83 Å². The first-order chi connectivity index (χ1) is 12.9. The molecule has 0 aliphatic carbocycles. The Hall–Kier alpha value is -0.0813. The van der Waals surface area contributed by atoms with Crippen molar-refractivity contribution in [3.05, 3.63) is 12.5 Å². The van der Waals surface area contributed by atoms with E-state index in [1.807, 2.05) is 4.40 Å². The molecule has 0 saturated carbocycles. The van der Waals surface area contributed by atoms with E-state index < -0.39 is 31.0 Å². The Morgan fingerprint density at radius 3 is 2.07 bits per heavy atom. The maximum atomic E-state index is 12.3. The molecular weight excluding hydrogens is 483 g/mol. The molecule has 0 bridgehead atoms. The Bertz CT molecular complexity index is 789. The van der Waals surface area contributed by atoms with Gasteiger partial charge in [0.15, 0.2) is 0 Å². The van der Waals surface area contributed by atoms with Gasteiger partial charge in [0.2, 0.25) is 0 Å². The summed E-state index contributed by atoms with van der Waals surface area (Å²) >= 11 is 0.864. The summed E-state index contributed by atoms with van der Waals surface area (Å²) in [6.45, 7) is 8.56. The van der Waals surface area contributed by atoms with Crippen molar-refractivity contribution < 1.29 is 8.42 Å². The van der Waals surface area contributed by atoms with E-state index in [1.54, 1.807) is 24.6 Å². The van der Waals surface area contributed by atoms with Gasteiger partial charge in [-0.15, -0.1) is 0 Å². The Balaban J connectivity index is 2.34. The first-order valence-electron chi connectivity index (χ1n) is 10.4. The van der Waals surface area contributed by atoms with Crippen LogP contribution >= 0.6 is 11.3 Å². The molecule has 0 fully saturated rings. The van der Waals surface area contributed by atoms with Gasteiger partial charge in [0.05, 0.1) is 0 Å². The van der Waals surface area contributed by atoms with E-state index in [-0.39, 0.29) is 10.8 Å². The Labute approximate surface area is 179 Å². The number of hydrogen-bond donors (Lipinski definition) is 0. The predicted octanol–water partition coefficient (Wildman–Crippen LogP) is 5.25. The van der Waals surface area contributed by atoms with Crippen LogP contribution < -0.4 is 2.89 Å². The SMILES string of the molecule is CCCC[C](CCCC)(CCCC)[Sn][c]1cn2cnc(S(=O)(=O)CC)c2s1. The molecule has 27 heavy (non-hydrogen) atoms. The second kappa shape index (κ2) is 10.6. The third-order valence-corrected chi connectivity index (χ3v) is 14.3. The summed E-state index contributed by atoms with van der Waals surface area (Å²) in [6.07, 6.45) is 15.6. The van der Waals surface area contributed by atoms with E-state index in [0.29, 0.717) is 3.43 Å². The van der Waals surface area contributed by atoms with E-state index in [4.69, 9.17) is 0 Å². The number of fused-ring (bicyclic) bond motifs is 1. The first kappa shape index (κ1) is 23.2. The number of hydrogen-bond acceptors (Lipinski definition) is 4. The number of unbranched alkanes of at least 4 members (excludes halogenated alkanes) is 3. The summed E-state index contributed by atoms with van der Waals surface area (Å²) in [5.74, 6) is 0.111. The quantitative estimate of drug-likeness (QED) is 0.341. The fraction of sp³-hybridized carbons (Fsp3) is 0.750. The van der Waals surface area contributed by atoms with E-state index in [1.165, 1.54) is 60.7 Å². The average molecular weight is 517 g/mol. The van der Waals surface area contributed by atoms with Crippen LogP contribution in [-0.2, 0) is 9.84 Å². The zero-order valence-electron chi connectivity index (χ0n) is 17.3. The molecule has 0 saturated heterocycles. The van der Waals surface area contributed by atoms with Crippen LogP contribution in [-0.4, -0.2) is 44.7 Å². The summed E-state index contributed by atoms with van der Waals surface area (Å²) in [7, 11) is -3.26. The summed E-state index contributed by atoms with van der Waals surface area (Å²) in [5, 5.41) is 0.280. The number of sulfone groups is 1. The molecule has 2 rings (SSSR count). The van der Waals surface area contributed by atoms with Gasteiger partial charge in [0.25, 0.3) is 0 Å². The van der Waals surface area contributed by atoms with Gasteiger partial charge < -0.3 is 0 Å². The van der Waals surface area contributed by atoms with Crippen LogP contribution in [0, 0.1) is 0 Å². The van der Waals surface area contributed by atoms with Crippen LogP contribution in [0.3, 0.4) is 0 Å². The van der Waals surface area contributed by atoms with Gasteiger partial charge in [-0.3, -0.25) is 0 Å². The van der Waals surface area contributed by atoms with Crippen molar-refractivity contribution in [3.8, 4) is 0 Å². The fourth-order valence-electron chi connectivity index (χ4n) is 3.56. The first-order valence-corrected chi connectivity index (χ1v) is 15.7. The molecule has 0 unspecified atom stereocenters. The van der Waals surface area contributed by atoms with Crippen molar-refractivity contribution in [1.29, 1.82) is 0 Å². The molecule has 2 aromatic rings. The standard InChI is InChI=1S/C13H27.C7H7N2O2S2.Sn/c1-4-7-10-13(11-8-5-2)12-9-6-3;1-2-13(10,11)6-7-9(5-8-6)3-4-12-7;/h4-12H2,1-3H3;3,5H,2H2,1H3;. The van der Waals surface area contributed by atoms with Crippen molar-refractivity contribution in [2.45, 2.75) is 93.9 Å². The van der Waals surface area contributed by atoms with Gasteiger partial charge in [0.1, 0.15) is 0 Å². The minimum atomic E-state index is -3.26. The molecule has 2 aromatic heterocycles. The van der Waals surface area contributed by atoms with Crippen molar-refractivity contribution in [1.82, 2.24) is 9.38 Å². The van der Waals surface area contributed by atoms with Crippen LogP contribution in [0.4, 0.5) is 0 Å². The molecular formula is C20H34N2O2S2Sn. The minimum absolute atomic E-state index is 0.111. The number of thiazole rings is 1. The second-order valence-electron chi connectivity index (χ2n) is 7.48. The van der Waals surface area contributed by atoms with Crippen LogP contribution in [0.5, 0.6) is 0 Å². The number of imidazole rings is 1. The molecule has 0 aliphatic heterocycles. The third-order valence-electron chi connectivity index (χ3n) is 5.27. The van der Waals surface area contributed by atoms with Crippen molar-refractivity contribution in [2.75, 3.05) is 5.75 Å². The van der Waals surface area contributed by atoms with Crippen LogP contribution in [0.1, 0.15) is 85.5 Å². The zero-order valence-corrected chi connectivity index (χ0v) is 21.7. The van der Waals surface area contributed by atoms with Crippen LogP contribution in [0.2, 0.25) is 3.43 Å². The number of aromatic nitrogens is 2. The van der Waals surface area contributed by atoms with Gasteiger partial charge in [-0.05, 0) is 0 Å². The molecule has 152 valence electrons. The van der Waals surface area contributed by atoms with Crippen molar-refractivity contribution in [3.63, 3.8) is 0 Å². The molecule has 0 aliphatic rings. The molecule has 0 aromatic carbocycles. The van der Waals surface area contributed by atoms with E-state index in [0.717, 1.165) is 4.83 Å². The number of rotatable bonds is 13. The van der Waals surface area contributed by atoms with Gasteiger partial charge >= 0.3 is 180 Å². The molecule has 0 spiro atoms. The molecule has 0 N–H and O–H groups in total. The molecule has 2 heterocycles. The summed E-state index contributed by atoms with van der Waals surface area (Å²) < 4.78 is 28.6. The Morgan fingerprint density at radius 1 is 1.04 bits per heavy atom. The van der Waals surface area contributed by atoms with Crippen molar-refractivity contribution in [2.24, 2.45) is 0 Å². The summed E-state index contributed by atoms with van der Waals surface area (Å²) in [5.41, 5.74) is 0. The van der Waals surface area contributed by atoms with E-state index >= 15 is 0 Å². The average Bonchev–Trinajstić information content (AvgIpc) is 3.22. The van der Waals surface area contributed by atoms with Gasteiger partial charge in [-0.25, -0.2) is 0 Å². The van der Waals surface area contributed by atoms with Gasteiger partial charge in [0, 0.05) is 0 Å². The Kier molecular flexibility index (Phi) is 9.13. The Morgan fingerprint density at radius 2 is 1.59 bits per heavy atom. The number of nitrogens with zero attached hydrogens (tertiary/aromatic N) is 2. The normalized spacial score (nSPS) is 12.9. The fourth-order valence-corrected chi connectivity index (χ4v) is 13.1. The molecule has 7 heteroatoms. The monoisotopic (exact) mass is 518 g/mol.